The van der Waals surface area contributed by atoms with Crippen molar-refractivity contribution in [1.29, 1.82) is 0 Å². The summed E-state index contributed by atoms with van der Waals surface area (Å²) in [5.41, 5.74) is 0.0570. The summed E-state index contributed by atoms with van der Waals surface area (Å²) in [5, 5.41) is 3.85. The summed E-state index contributed by atoms with van der Waals surface area (Å²) >= 11 is 0. The number of anilines is 1. The zero-order valence-corrected chi connectivity index (χ0v) is 11.1. The third-order valence-electron chi connectivity index (χ3n) is 3.04. The number of amidine groups is 1. The van der Waals surface area contributed by atoms with Crippen LogP contribution in [-0.2, 0) is 6.18 Å². The van der Waals surface area contributed by atoms with Crippen LogP contribution in [0.3, 0.4) is 0 Å². The largest absolute Gasteiger partial charge is 0.416 e. The molecular formula is C13H16F3N3. The molecule has 0 saturated carbocycles. The number of rotatable bonds is 2. The molecule has 0 amide bonds. The van der Waals surface area contributed by atoms with Gasteiger partial charge < -0.3 is 0 Å². The molecular weight excluding hydrogens is 255 g/mol. The number of hydrazine groups is 1. The van der Waals surface area contributed by atoms with E-state index in [1.54, 1.807) is 0 Å². The molecule has 1 aromatic carbocycles. The van der Waals surface area contributed by atoms with Gasteiger partial charge in [0.1, 0.15) is 12.5 Å². The minimum atomic E-state index is -4.30. The number of hydrogen-bond donors (Lipinski definition) is 0. The van der Waals surface area contributed by atoms with Gasteiger partial charge in [-0.25, -0.2) is 0 Å². The highest BCUT2D eigenvalue weighted by molar-refractivity contribution is 5.96. The smallest absolute Gasteiger partial charge is 0.259 e. The second-order valence-electron chi connectivity index (χ2n) is 4.74. The van der Waals surface area contributed by atoms with Gasteiger partial charge in [0.2, 0.25) is 0 Å². The van der Waals surface area contributed by atoms with Crippen molar-refractivity contribution in [3.63, 3.8) is 0 Å². The van der Waals surface area contributed by atoms with Gasteiger partial charge in [0.15, 0.2) is 0 Å². The predicted octanol–water partition coefficient (Wildman–Crippen LogP) is 3.53. The summed E-state index contributed by atoms with van der Waals surface area (Å²) in [6.07, 6.45) is -4.30. The molecule has 0 N–H and O–H groups in total. The van der Waals surface area contributed by atoms with Crippen molar-refractivity contribution >= 4 is 11.5 Å². The SMILES string of the molecule is CC1=NCN(C(C)C)N1c1ccc(C(F)(F)F)cc1. The third-order valence-corrected chi connectivity index (χ3v) is 3.04. The standard InChI is InChI=1S/C13H16F3N3/c1-9(2)18-8-17-10(3)19(18)12-6-4-11(5-7-12)13(14,15)16/h4-7,9H,8H2,1-3H3. The second-order valence-corrected chi connectivity index (χ2v) is 4.74. The molecule has 0 saturated heterocycles. The maximum absolute atomic E-state index is 12.5. The molecule has 0 aliphatic carbocycles. The monoisotopic (exact) mass is 271 g/mol. The van der Waals surface area contributed by atoms with Crippen molar-refractivity contribution in [3.8, 4) is 0 Å². The first-order valence-corrected chi connectivity index (χ1v) is 6.05. The van der Waals surface area contributed by atoms with Crippen molar-refractivity contribution in [2.24, 2.45) is 4.99 Å². The van der Waals surface area contributed by atoms with E-state index in [1.807, 2.05) is 30.8 Å². The first-order chi connectivity index (χ1) is 8.80. The highest BCUT2D eigenvalue weighted by Crippen LogP contribution is 2.31. The minimum absolute atomic E-state index is 0.225. The average Bonchev–Trinajstić information content (AvgIpc) is 2.70. The lowest BCUT2D eigenvalue weighted by atomic mass is 10.2. The molecule has 0 fully saturated rings. The van der Waals surface area contributed by atoms with Gasteiger partial charge in [-0.1, -0.05) is 0 Å². The fraction of sp³-hybridized carbons (Fsp3) is 0.462. The lowest BCUT2D eigenvalue weighted by molar-refractivity contribution is -0.137. The predicted molar refractivity (Wildman–Crippen MR) is 68.9 cm³/mol. The van der Waals surface area contributed by atoms with Crippen LogP contribution in [0.25, 0.3) is 0 Å². The Morgan fingerprint density at radius 3 is 2.21 bits per heavy atom. The fourth-order valence-corrected chi connectivity index (χ4v) is 2.01. The molecule has 0 radical (unpaired) electrons. The van der Waals surface area contributed by atoms with Gasteiger partial charge in [-0.3, -0.25) is 10.0 Å². The summed E-state index contributed by atoms with van der Waals surface area (Å²) in [6, 6.07) is 5.37. The summed E-state index contributed by atoms with van der Waals surface area (Å²) in [5.74, 6) is 0.786. The van der Waals surface area contributed by atoms with Gasteiger partial charge in [0.05, 0.1) is 11.3 Å². The number of hydrogen-bond acceptors (Lipinski definition) is 3. The molecule has 19 heavy (non-hydrogen) atoms. The summed E-state index contributed by atoms with van der Waals surface area (Å²) in [6.45, 7) is 6.42. The highest BCUT2D eigenvalue weighted by atomic mass is 19.4. The van der Waals surface area contributed by atoms with Crippen LogP contribution in [-0.4, -0.2) is 23.6 Å². The Kier molecular flexibility index (Phi) is 3.54. The molecule has 0 spiro atoms. The summed E-state index contributed by atoms with van der Waals surface area (Å²) in [4.78, 5) is 4.31. The molecule has 3 nitrogen and oxygen atoms in total. The van der Waals surface area contributed by atoms with Crippen LogP contribution in [0.1, 0.15) is 26.3 Å². The lowest BCUT2D eigenvalue weighted by Crippen LogP contribution is -2.44. The topological polar surface area (TPSA) is 18.8 Å². The molecule has 0 atom stereocenters. The average molecular weight is 271 g/mol. The molecule has 2 rings (SSSR count). The maximum atomic E-state index is 12.5. The molecule has 0 unspecified atom stereocenters. The first-order valence-electron chi connectivity index (χ1n) is 6.05. The molecule has 0 aromatic heterocycles. The normalized spacial score (nSPS) is 17.2. The molecule has 1 aliphatic heterocycles. The van der Waals surface area contributed by atoms with Gasteiger partial charge in [-0.05, 0) is 45.0 Å². The van der Waals surface area contributed by atoms with Gasteiger partial charge in [-0.15, -0.1) is 0 Å². The third kappa shape index (κ3) is 2.73. The molecule has 0 bridgehead atoms. The lowest BCUT2D eigenvalue weighted by Gasteiger charge is -2.32. The van der Waals surface area contributed by atoms with Gasteiger partial charge in [0, 0.05) is 6.04 Å². The van der Waals surface area contributed by atoms with Gasteiger partial charge in [0.25, 0.3) is 0 Å². The van der Waals surface area contributed by atoms with Crippen LogP contribution in [0, 0.1) is 0 Å². The van der Waals surface area contributed by atoms with Gasteiger partial charge >= 0.3 is 6.18 Å². The van der Waals surface area contributed by atoms with Crippen molar-refractivity contribution in [2.45, 2.75) is 33.0 Å². The molecule has 1 aliphatic rings. The zero-order chi connectivity index (χ0) is 14.2. The number of nitrogens with zero attached hydrogens (tertiary/aromatic N) is 3. The zero-order valence-electron chi connectivity index (χ0n) is 11.1. The number of halogens is 3. The Morgan fingerprint density at radius 2 is 1.74 bits per heavy atom. The van der Waals surface area contributed by atoms with Crippen molar-refractivity contribution in [3.05, 3.63) is 29.8 Å². The second kappa shape index (κ2) is 4.85. The number of benzene rings is 1. The Bertz CT molecular complexity index is 477. The Balaban J connectivity index is 2.29. The first kappa shape index (κ1) is 13.9. The van der Waals surface area contributed by atoms with Gasteiger partial charge in [-0.2, -0.15) is 18.2 Å². The van der Waals surface area contributed by atoms with Crippen LogP contribution in [0.4, 0.5) is 18.9 Å². The van der Waals surface area contributed by atoms with Crippen LogP contribution in [0.15, 0.2) is 29.3 Å². The molecule has 1 aromatic rings. The highest BCUT2D eigenvalue weighted by Gasteiger charge is 2.31. The molecule has 104 valence electrons. The Labute approximate surface area is 110 Å². The van der Waals surface area contributed by atoms with E-state index in [-0.39, 0.29) is 6.04 Å². The minimum Gasteiger partial charge on any atom is -0.259 e. The van der Waals surface area contributed by atoms with E-state index in [4.69, 9.17) is 0 Å². The van der Waals surface area contributed by atoms with E-state index in [2.05, 4.69) is 4.99 Å². The van der Waals surface area contributed by atoms with Crippen LogP contribution in [0.2, 0.25) is 0 Å². The number of alkyl halides is 3. The van der Waals surface area contributed by atoms with E-state index < -0.39 is 11.7 Å². The quantitative estimate of drug-likeness (QED) is 0.819. The van der Waals surface area contributed by atoms with Crippen LogP contribution >= 0.6 is 0 Å². The van der Waals surface area contributed by atoms with E-state index >= 15 is 0 Å². The van der Waals surface area contributed by atoms with Crippen molar-refractivity contribution in [2.75, 3.05) is 11.7 Å². The molecule has 1 heterocycles. The Hall–Kier alpha value is -1.56. The summed E-state index contributed by atoms with van der Waals surface area (Å²) in [7, 11) is 0. The van der Waals surface area contributed by atoms with E-state index in [9.17, 15) is 13.2 Å². The van der Waals surface area contributed by atoms with E-state index in [0.717, 1.165) is 18.0 Å². The van der Waals surface area contributed by atoms with Crippen LogP contribution in [0.5, 0.6) is 0 Å². The maximum Gasteiger partial charge on any atom is 0.416 e. The van der Waals surface area contributed by atoms with Crippen molar-refractivity contribution in [1.82, 2.24) is 5.01 Å². The van der Waals surface area contributed by atoms with Crippen molar-refractivity contribution < 1.29 is 13.2 Å². The summed E-state index contributed by atoms with van der Waals surface area (Å²) < 4.78 is 37.6. The Morgan fingerprint density at radius 1 is 1.16 bits per heavy atom. The number of aliphatic imine (C=N–C) groups is 1. The molecule has 6 heteroatoms. The fourth-order valence-electron chi connectivity index (χ4n) is 2.01. The van der Waals surface area contributed by atoms with E-state index in [0.29, 0.717) is 12.4 Å². The van der Waals surface area contributed by atoms with E-state index in [1.165, 1.54) is 12.1 Å². The van der Waals surface area contributed by atoms with Crippen LogP contribution < -0.4 is 5.01 Å².